The van der Waals surface area contributed by atoms with E-state index in [1.54, 1.807) is 17.5 Å². The standard InChI is InChI=1S/C18H20N4O4S3/c1-11-14-16(19-12(2)20-17(14)28-15(11)18(23)26-3)21-6-8-22(9-7-21)29(24,25)13-5-4-10-27-13/h4-5,10H,6-9H2,1-3H3. The van der Waals surface area contributed by atoms with E-state index in [0.29, 0.717) is 41.1 Å². The van der Waals surface area contributed by atoms with E-state index in [1.165, 1.54) is 34.1 Å². The normalized spacial score (nSPS) is 15.8. The van der Waals surface area contributed by atoms with Crippen LogP contribution in [0.5, 0.6) is 0 Å². The van der Waals surface area contributed by atoms with Gasteiger partial charge in [0.05, 0.1) is 12.5 Å². The lowest BCUT2D eigenvalue weighted by atomic mass is 10.2. The fourth-order valence-corrected chi connectivity index (χ4v) is 7.12. The van der Waals surface area contributed by atoms with Gasteiger partial charge in [0, 0.05) is 26.2 Å². The van der Waals surface area contributed by atoms with Crippen LogP contribution >= 0.6 is 22.7 Å². The fraction of sp³-hybridized carbons (Fsp3) is 0.389. The number of rotatable bonds is 4. The maximum atomic E-state index is 12.8. The predicted octanol–water partition coefficient (Wildman–Crippen LogP) is 2.67. The fourth-order valence-electron chi connectivity index (χ4n) is 3.42. The van der Waals surface area contributed by atoms with Crippen LogP contribution in [-0.4, -0.2) is 61.9 Å². The Morgan fingerprint density at radius 1 is 1.17 bits per heavy atom. The van der Waals surface area contributed by atoms with E-state index in [1.807, 2.05) is 13.8 Å². The van der Waals surface area contributed by atoms with Crippen molar-refractivity contribution in [3.63, 3.8) is 0 Å². The maximum Gasteiger partial charge on any atom is 0.348 e. The van der Waals surface area contributed by atoms with Gasteiger partial charge in [-0.1, -0.05) is 6.07 Å². The summed E-state index contributed by atoms with van der Waals surface area (Å²) < 4.78 is 32.3. The van der Waals surface area contributed by atoms with E-state index in [0.717, 1.165) is 21.6 Å². The lowest BCUT2D eigenvalue weighted by molar-refractivity contribution is 0.0605. The zero-order valence-electron chi connectivity index (χ0n) is 16.2. The van der Waals surface area contributed by atoms with Crippen molar-refractivity contribution in [2.45, 2.75) is 18.1 Å². The first-order valence-electron chi connectivity index (χ1n) is 8.97. The van der Waals surface area contributed by atoms with E-state index in [-0.39, 0.29) is 5.97 Å². The SMILES string of the molecule is COC(=O)c1sc2nc(C)nc(N3CCN(S(=O)(=O)c4cccs4)CC3)c2c1C. The van der Waals surface area contributed by atoms with Crippen LogP contribution in [0.2, 0.25) is 0 Å². The summed E-state index contributed by atoms with van der Waals surface area (Å²) >= 11 is 2.52. The third kappa shape index (κ3) is 3.52. The van der Waals surface area contributed by atoms with Crippen molar-refractivity contribution in [1.82, 2.24) is 14.3 Å². The number of hydrogen-bond donors (Lipinski definition) is 0. The second-order valence-electron chi connectivity index (χ2n) is 6.65. The highest BCUT2D eigenvalue weighted by Gasteiger charge is 2.31. The average Bonchev–Trinajstić information content (AvgIpc) is 3.36. The summed E-state index contributed by atoms with van der Waals surface area (Å²) in [5, 5.41) is 2.59. The first kappa shape index (κ1) is 20.2. The number of carbonyl (C=O) groups is 1. The molecule has 0 saturated carbocycles. The molecule has 29 heavy (non-hydrogen) atoms. The van der Waals surface area contributed by atoms with Gasteiger partial charge < -0.3 is 9.64 Å². The third-order valence-electron chi connectivity index (χ3n) is 4.88. The number of aryl methyl sites for hydroxylation is 2. The molecule has 1 saturated heterocycles. The number of methoxy groups -OCH3 is 1. The van der Waals surface area contributed by atoms with Crippen LogP contribution in [0, 0.1) is 13.8 Å². The second kappa shape index (κ2) is 7.63. The van der Waals surface area contributed by atoms with Gasteiger partial charge in [0.1, 0.15) is 25.6 Å². The van der Waals surface area contributed by atoms with Gasteiger partial charge in [0.15, 0.2) is 0 Å². The number of carbonyl (C=O) groups excluding carboxylic acids is 1. The monoisotopic (exact) mass is 452 g/mol. The summed E-state index contributed by atoms with van der Waals surface area (Å²) in [6.07, 6.45) is 0. The van der Waals surface area contributed by atoms with Gasteiger partial charge in [-0.2, -0.15) is 4.31 Å². The van der Waals surface area contributed by atoms with E-state index < -0.39 is 10.0 Å². The zero-order valence-corrected chi connectivity index (χ0v) is 18.7. The van der Waals surface area contributed by atoms with Crippen molar-refractivity contribution in [1.29, 1.82) is 0 Å². The number of fused-ring (bicyclic) bond motifs is 1. The Labute approximate surface area is 176 Å². The van der Waals surface area contributed by atoms with E-state index in [2.05, 4.69) is 14.9 Å². The highest BCUT2D eigenvalue weighted by atomic mass is 32.2. The van der Waals surface area contributed by atoms with Crippen molar-refractivity contribution >= 4 is 54.7 Å². The molecule has 3 aromatic heterocycles. The summed E-state index contributed by atoms with van der Waals surface area (Å²) in [7, 11) is -2.10. The van der Waals surface area contributed by atoms with Gasteiger partial charge in [-0.05, 0) is 30.9 Å². The first-order valence-corrected chi connectivity index (χ1v) is 12.1. The highest BCUT2D eigenvalue weighted by Crippen LogP contribution is 2.36. The number of hydrogen-bond acceptors (Lipinski definition) is 9. The third-order valence-corrected chi connectivity index (χ3v) is 9.32. The number of piperazine rings is 1. The Hall–Kier alpha value is -2.08. The quantitative estimate of drug-likeness (QED) is 0.562. The number of sulfonamides is 1. The summed E-state index contributed by atoms with van der Waals surface area (Å²) in [6.45, 7) is 5.45. The Morgan fingerprint density at radius 3 is 2.52 bits per heavy atom. The first-order chi connectivity index (χ1) is 13.8. The lowest BCUT2D eigenvalue weighted by Crippen LogP contribution is -2.48. The molecular weight excluding hydrogens is 432 g/mol. The number of anilines is 1. The molecule has 0 radical (unpaired) electrons. The largest absolute Gasteiger partial charge is 0.465 e. The molecule has 0 aliphatic carbocycles. The van der Waals surface area contributed by atoms with Crippen molar-refractivity contribution in [3.8, 4) is 0 Å². The Balaban J connectivity index is 1.65. The van der Waals surface area contributed by atoms with Crippen LogP contribution < -0.4 is 4.90 Å². The highest BCUT2D eigenvalue weighted by molar-refractivity contribution is 7.91. The van der Waals surface area contributed by atoms with Crippen molar-refractivity contribution in [2.75, 3.05) is 38.2 Å². The van der Waals surface area contributed by atoms with Gasteiger partial charge >= 0.3 is 5.97 Å². The van der Waals surface area contributed by atoms with Gasteiger partial charge in [-0.25, -0.2) is 23.2 Å². The molecule has 4 heterocycles. The number of aromatic nitrogens is 2. The zero-order chi connectivity index (χ0) is 20.8. The van der Waals surface area contributed by atoms with Gasteiger partial charge in [-0.3, -0.25) is 0 Å². The maximum absolute atomic E-state index is 12.8. The molecule has 11 heteroatoms. The van der Waals surface area contributed by atoms with Crippen LogP contribution in [0.4, 0.5) is 5.82 Å². The van der Waals surface area contributed by atoms with Gasteiger partial charge in [0.25, 0.3) is 10.0 Å². The molecule has 0 aromatic carbocycles. The minimum absolute atomic E-state index is 0.364. The molecule has 1 aliphatic heterocycles. The average molecular weight is 453 g/mol. The van der Waals surface area contributed by atoms with E-state index in [4.69, 9.17) is 4.74 Å². The molecule has 8 nitrogen and oxygen atoms in total. The second-order valence-corrected chi connectivity index (χ2v) is 10.8. The molecule has 1 aliphatic rings. The molecule has 0 N–H and O–H groups in total. The smallest absolute Gasteiger partial charge is 0.348 e. The minimum atomic E-state index is -3.46. The molecule has 0 atom stereocenters. The van der Waals surface area contributed by atoms with Crippen molar-refractivity contribution < 1.29 is 17.9 Å². The van der Waals surface area contributed by atoms with Crippen LogP contribution in [0.25, 0.3) is 10.2 Å². The number of thiophene rings is 2. The Morgan fingerprint density at radius 2 is 1.90 bits per heavy atom. The molecule has 0 spiro atoms. The summed E-state index contributed by atoms with van der Waals surface area (Å²) in [4.78, 5) is 24.5. The summed E-state index contributed by atoms with van der Waals surface area (Å²) in [6, 6.07) is 3.37. The Kier molecular flexibility index (Phi) is 5.32. The van der Waals surface area contributed by atoms with Crippen molar-refractivity contribution in [2.24, 2.45) is 0 Å². The molecule has 1 fully saturated rings. The van der Waals surface area contributed by atoms with Crippen LogP contribution in [0.3, 0.4) is 0 Å². The Bertz CT molecular complexity index is 1160. The number of ether oxygens (including phenoxy) is 1. The minimum Gasteiger partial charge on any atom is -0.465 e. The molecular formula is C18H20N4O4S3. The summed E-state index contributed by atoms with van der Waals surface area (Å²) in [5.74, 6) is 0.962. The topological polar surface area (TPSA) is 92.7 Å². The number of nitrogens with zero attached hydrogens (tertiary/aromatic N) is 4. The molecule has 0 amide bonds. The van der Waals surface area contributed by atoms with Crippen molar-refractivity contribution in [3.05, 3.63) is 33.8 Å². The molecule has 154 valence electrons. The van der Waals surface area contributed by atoms with E-state index in [9.17, 15) is 13.2 Å². The number of esters is 1. The predicted molar refractivity (Wildman–Crippen MR) is 114 cm³/mol. The summed E-state index contributed by atoms with van der Waals surface area (Å²) in [5.41, 5.74) is 0.792. The van der Waals surface area contributed by atoms with Crippen LogP contribution in [0.1, 0.15) is 21.1 Å². The molecule has 0 unspecified atom stereocenters. The molecule has 3 aromatic rings. The van der Waals surface area contributed by atoms with E-state index >= 15 is 0 Å². The lowest BCUT2D eigenvalue weighted by Gasteiger charge is -2.34. The van der Waals surface area contributed by atoms with Gasteiger partial charge in [0.2, 0.25) is 0 Å². The molecule has 0 bridgehead atoms. The van der Waals surface area contributed by atoms with Crippen LogP contribution in [0.15, 0.2) is 21.7 Å². The van der Waals surface area contributed by atoms with Crippen LogP contribution in [-0.2, 0) is 14.8 Å². The molecule has 4 rings (SSSR count). The van der Waals surface area contributed by atoms with Gasteiger partial charge in [-0.15, -0.1) is 22.7 Å².